The van der Waals surface area contributed by atoms with E-state index < -0.39 is 24.2 Å². The number of carbonyl (C=O) groups excluding carboxylic acids is 1. The van der Waals surface area contributed by atoms with Gasteiger partial charge in [0.05, 0.1) is 17.4 Å². The van der Waals surface area contributed by atoms with E-state index in [1.54, 1.807) is 0 Å². The quantitative estimate of drug-likeness (QED) is 0.881. The number of aromatic amines is 1. The number of nitrogens with zero attached hydrogens (tertiary/aromatic N) is 2. The molecule has 21 heavy (non-hydrogen) atoms. The Balaban J connectivity index is 2.42. The molecule has 0 atom stereocenters. The number of nitrogens with one attached hydrogen (secondary N) is 1. The molecule has 112 valence electrons. The molecule has 0 aliphatic heterocycles. The lowest BCUT2D eigenvalue weighted by Crippen LogP contribution is -2.38. The van der Waals surface area contributed by atoms with Crippen LogP contribution in [0.2, 0.25) is 0 Å². The second-order valence-corrected chi connectivity index (χ2v) is 5.23. The largest absolute Gasteiger partial charge is 0.480 e. The van der Waals surface area contributed by atoms with Gasteiger partial charge in [0.25, 0.3) is 5.91 Å². The predicted molar refractivity (Wildman–Crippen MR) is 74.4 cm³/mol. The van der Waals surface area contributed by atoms with Crippen molar-refractivity contribution in [2.75, 3.05) is 13.1 Å². The summed E-state index contributed by atoms with van der Waals surface area (Å²) in [6.45, 7) is 3.59. The molecule has 0 radical (unpaired) electrons. The van der Waals surface area contributed by atoms with E-state index in [0.29, 0.717) is 11.0 Å². The molecule has 0 saturated heterocycles. The number of aromatic nitrogens is 2. The van der Waals surface area contributed by atoms with Crippen LogP contribution in [0, 0.1) is 11.7 Å². The number of rotatable bonds is 5. The van der Waals surface area contributed by atoms with E-state index in [-0.39, 0.29) is 18.0 Å². The number of fused-ring (bicyclic) bond motifs is 1. The fourth-order valence-corrected chi connectivity index (χ4v) is 2.17. The highest BCUT2D eigenvalue weighted by molar-refractivity contribution is 6.05. The van der Waals surface area contributed by atoms with Crippen molar-refractivity contribution < 1.29 is 19.1 Å². The number of amides is 1. The predicted octanol–water partition coefficient (Wildman–Crippen LogP) is 1.88. The molecule has 1 aromatic heterocycles. The van der Waals surface area contributed by atoms with Gasteiger partial charge in [0.15, 0.2) is 0 Å². The summed E-state index contributed by atoms with van der Waals surface area (Å²) in [5.41, 5.74) is 0.798. The molecule has 0 spiro atoms. The van der Waals surface area contributed by atoms with Crippen molar-refractivity contribution in [1.82, 2.24) is 14.9 Å². The van der Waals surface area contributed by atoms with Crippen LogP contribution in [0.1, 0.15) is 24.2 Å². The van der Waals surface area contributed by atoms with Crippen molar-refractivity contribution in [2.24, 2.45) is 5.92 Å². The molecule has 0 saturated carbocycles. The molecule has 7 heteroatoms. The first-order valence-corrected chi connectivity index (χ1v) is 6.52. The fraction of sp³-hybridized carbons (Fsp3) is 0.357. The van der Waals surface area contributed by atoms with Crippen LogP contribution >= 0.6 is 0 Å². The van der Waals surface area contributed by atoms with E-state index in [1.807, 2.05) is 13.8 Å². The van der Waals surface area contributed by atoms with Crippen molar-refractivity contribution in [1.29, 1.82) is 0 Å². The molecule has 0 bridgehead atoms. The zero-order valence-corrected chi connectivity index (χ0v) is 11.8. The minimum Gasteiger partial charge on any atom is -0.480 e. The molecule has 2 aromatic rings. The molecule has 0 aliphatic carbocycles. The lowest BCUT2D eigenvalue weighted by atomic mass is 10.1. The van der Waals surface area contributed by atoms with Gasteiger partial charge in [0.1, 0.15) is 17.9 Å². The average Bonchev–Trinajstić information content (AvgIpc) is 2.82. The number of H-pyrrole nitrogens is 1. The van der Waals surface area contributed by atoms with E-state index in [4.69, 9.17) is 5.11 Å². The van der Waals surface area contributed by atoms with Gasteiger partial charge >= 0.3 is 5.97 Å². The molecule has 2 N–H and O–H groups in total. The Morgan fingerprint density at radius 2 is 2.14 bits per heavy atom. The Labute approximate surface area is 120 Å². The van der Waals surface area contributed by atoms with Gasteiger partial charge in [-0.05, 0) is 18.1 Å². The third kappa shape index (κ3) is 3.36. The van der Waals surface area contributed by atoms with Gasteiger partial charge in [-0.15, -0.1) is 0 Å². The van der Waals surface area contributed by atoms with Gasteiger partial charge in [0.2, 0.25) is 0 Å². The molecular formula is C14H16FN3O3. The van der Waals surface area contributed by atoms with E-state index in [1.165, 1.54) is 17.3 Å². The van der Waals surface area contributed by atoms with Crippen LogP contribution in [-0.4, -0.2) is 44.9 Å². The third-order valence-corrected chi connectivity index (χ3v) is 2.92. The number of aliphatic carboxylic acids is 1. The van der Waals surface area contributed by atoms with E-state index in [9.17, 15) is 14.0 Å². The van der Waals surface area contributed by atoms with Crippen LogP contribution in [0.5, 0.6) is 0 Å². The smallest absolute Gasteiger partial charge is 0.323 e. The van der Waals surface area contributed by atoms with Crippen LogP contribution in [0.4, 0.5) is 4.39 Å². The monoisotopic (exact) mass is 293 g/mol. The van der Waals surface area contributed by atoms with Gasteiger partial charge in [-0.2, -0.15) is 0 Å². The summed E-state index contributed by atoms with van der Waals surface area (Å²) in [4.78, 5) is 31.4. The number of halogens is 1. The van der Waals surface area contributed by atoms with Gasteiger partial charge in [0, 0.05) is 6.54 Å². The number of carbonyl (C=O) groups is 2. The summed E-state index contributed by atoms with van der Waals surface area (Å²) >= 11 is 0. The van der Waals surface area contributed by atoms with Gasteiger partial charge in [-0.1, -0.05) is 13.8 Å². The highest BCUT2D eigenvalue weighted by Gasteiger charge is 2.23. The summed E-state index contributed by atoms with van der Waals surface area (Å²) in [5, 5.41) is 8.93. The normalized spacial score (nSPS) is 11.0. The lowest BCUT2D eigenvalue weighted by molar-refractivity contribution is -0.137. The average molecular weight is 293 g/mol. The zero-order valence-electron chi connectivity index (χ0n) is 11.8. The molecule has 2 rings (SSSR count). The third-order valence-electron chi connectivity index (χ3n) is 2.92. The van der Waals surface area contributed by atoms with Crippen molar-refractivity contribution in [2.45, 2.75) is 13.8 Å². The Morgan fingerprint density at radius 3 is 2.76 bits per heavy atom. The molecule has 0 unspecified atom stereocenters. The van der Waals surface area contributed by atoms with Crippen LogP contribution in [0.3, 0.4) is 0 Å². The summed E-state index contributed by atoms with van der Waals surface area (Å²) in [5.74, 6) is -2.13. The Kier molecular flexibility index (Phi) is 4.21. The summed E-state index contributed by atoms with van der Waals surface area (Å²) < 4.78 is 13.6. The Hall–Kier alpha value is -2.44. The maximum Gasteiger partial charge on any atom is 0.323 e. The second kappa shape index (κ2) is 5.90. The highest BCUT2D eigenvalue weighted by Crippen LogP contribution is 2.19. The zero-order chi connectivity index (χ0) is 15.6. The van der Waals surface area contributed by atoms with E-state index in [0.717, 1.165) is 6.07 Å². The molecule has 1 heterocycles. The molecule has 1 aromatic carbocycles. The summed E-state index contributed by atoms with van der Waals surface area (Å²) in [7, 11) is 0. The number of imidazole rings is 1. The molecule has 0 aliphatic rings. The minimum absolute atomic E-state index is 0.0631. The Morgan fingerprint density at radius 1 is 1.43 bits per heavy atom. The van der Waals surface area contributed by atoms with Crippen molar-refractivity contribution in [3.05, 3.63) is 29.8 Å². The maximum absolute atomic E-state index is 13.6. The Bertz CT molecular complexity index is 681. The molecule has 0 fully saturated rings. The number of carboxylic acid groups (broad SMARTS) is 1. The first kappa shape index (κ1) is 15.0. The first-order chi connectivity index (χ1) is 9.88. The van der Waals surface area contributed by atoms with Crippen LogP contribution < -0.4 is 0 Å². The van der Waals surface area contributed by atoms with Crippen LogP contribution in [-0.2, 0) is 4.79 Å². The second-order valence-electron chi connectivity index (χ2n) is 5.23. The SMILES string of the molecule is CC(C)CN(CC(=O)O)C(=O)c1cc(F)cc2[nH]cnc12. The number of hydrogen-bond acceptors (Lipinski definition) is 3. The standard InChI is InChI=1S/C14H16FN3O3/c1-8(2)5-18(6-12(19)20)14(21)10-3-9(15)4-11-13(10)17-7-16-11/h3-4,7-8H,5-6H2,1-2H3,(H,16,17)(H,19,20). The van der Waals surface area contributed by atoms with Crippen molar-refractivity contribution in [3.63, 3.8) is 0 Å². The van der Waals surface area contributed by atoms with Crippen molar-refractivity contribution in [3.8, 4) is 0 Å². The van der Waals surface area contributed by atoms with Crippen molar-refractivity contribution >= 4 is 22.9 Å². The highest BCUT2D eigenvalue weighted by atomic mass is 19.1. The molecule has 1 amide bonds. The first-order valence-electron chi connectivity index (χ1n) is 6.52. The fourth-order valence-electron chi connectivity index (χ4n) is 2.17. The summed E-state index contributed by atoms with van der Waals surface area (Å²) in [6.07, 6.45) is 1.37. The lowest BCUT2D eigenvalue weighted by Gasteiger charge is -2.23. The summed E-state index contributed by atoms with van der Waals surface area (Å²) in [6, 6.07) is 2.32. The van der Waals surface area contributed by atoms with Gasteiger partial charge in [-0.25, -0.2) is 9.37 Å². The van der Waals surface area contributed by atoms with Crippen LogP contribution in [0.15, 0.2) is 18.5 Å². The van der Waals surface area contributed by atoms with Crippen LogP contribution in [0.25, 0.3) is 11.0 Å². The number of hydrogen-bond donors (Lipinski definition) is 2. The number of benzene rings is 1. The maximum atomic E-state index is 13.6. The molecular weight excluding hydrogens is 277 g/mol. The minimum atomic E-state index is -1.11. The molecule has 6 nitrogen and oxygen atoms in total. The topological polar surface area (TPSA) is 86.3 Å². The van der Waals surface area contributed by atoms with Gasteiger partial charge in [-0.3, -0.25) is 9.59 Å². The van der Waals surface area contributed by atoms with E-state index in [2.05, 4.69) is 9.97 Å². The van der Waals surface area contributed by atoms with Gasteiger partial charge < -0.3 is 15.0 Å². The van der Waals surface area contributed by atoms with E-state index >= 15 is 0 Å². The number of carboxylic acids is 1.